The first-order chi connectivity index (χ1) is 17.8. The van der Waals surface area contributed by atoms with E-state index in [0.717, 1.165) is 10.2 Å². The van der Waals surface area contributed by atoms with Gasteiger partial charge in [0.15, 0.2) is 6.23 Å². The number of anilines is 2. The van der Waals surface area contributed by atoms with Crippen LogP contribution in [0.15, 0.2) is 71.3 Å². The van der Waals surface area contributed by atoms with E-state index in [4.69, 9.17) is 21.4 Å². The summed E-state index contributed by atoms with van der Waals surface area (Å²) < 4.78 is 36.7. The number of nitrogens with zero attached hydrogens (tertiary/aromatic N) is 3. The Morgan fingerprint density at radius 1 is 1.11 bits per heavy atom. The van der Waals surface area contributed by atoms with Gasteiger partial charge in [-0.2, -0.15) is 5.10 Å². The van der Waals surface area contributed by atoms with Crippen molar-refractivity contribution in [3.05, 3.63) is 94.1 Å². The zero-order chi connectivity index (χ0) is 26.1. The maximum absolute atomic E-state index is 14.6. The Hall–Kier alpha value is -3.80. The van der Waals surface area contributed by atoms with E-state index in [9.17, 15) is 13.6 Å². The SMILES string of the molecule is NNc1cc(CCN2C(=O)COC2c2cn(-c3ccc(Br)cc3)nc2-c2ccc(F)cc2)c(F)cc1N. The van der Waals surface area contributed by atoms with Crippen LogP contribution in [0.4, 0.5) is 20.2 Å². The first-order valence-electron chi connectivity index (χ1n) is 11.4. The summed E-state index contributed by atoms with van der Waals surface area (Å²) in [5.74, 6) is 4.38. The molecule has 1 fully saturated rings. The number of carbonyl (C=O) groups excluding carboxylic acids is 1. The molecular formula is C26H23BrF2N6O2. The number of carbonyl (C=O) groups is 1. The molecule has 1 atom stereocenters. The molecule has 2 heterocycles. The van der Waals surface area contributed by atoms with Crippen molar-refractivity contribution in [1.29, 1.82) is 0 Å². The Bertz CT molecular complexity index is 1440. The van der Waals surface area contributed by atoms with Crippen LogP contribution < -0.4 is 17.0 Å². The van der Waals surface area contributed by atoms with E-state index in [0.29, 0.717) is 28.1 Å². The van der Waals surface area contributed by atoms with Gasteiger partial charge in [-0.3, -0.25) is 10.6 Å². The summed E-state index contributed by atoms with van der Waals surface area (Å²) in [4.78, 5) is 14.4. The molecule has 11 heteroatoms. The standard InChI is InChI=1S/C26H23BrF2N6O2/c27-17-3-7-19(8-4-17)35-13-20(25(33-35)15-1-5-18(28)6-2-15)26-34(24(36)14-37-26)10-9-16-11-23(32-31)22(30)12-21(16)29/h1-8,11-13,26,32H,9-10,14,30-31H2. The minimum absolute atomic E-state index is 0.128. The fourth-order valence-electron chi connectivity index (χ4n) is 4.27. The van der Waals surface area contributed by atoms with Gasteiger partial charge in [0.05, 0.1) is 17.1 Å². The fourth-order valence-corrected chi connectivity index (χ4v) is 4.54. The number of aromatic nitrogens is 2. The predicted octanol–water partition coefficient (Wildman–Crippen LogP) is 4.55. The van der Waals surface area contributed by atoms with Crippen molar-refractivity contribution in [2.45, 2.75) is 12.6 Å². The molecule has 1 aliphatic rings. The molecule has 1 aliphatic heterocycles. The van der Waals surface area contributed by atoms with Crippen molar-refractivity contribution >= 4 is 33.2 Å². The third-order valence-corrected chi connectivity index (χ3v) is 6.71. The molecule has 0 radical (unpaired) electrons. The molecule has 1 amide bonds. The molecular weight excluding hydrogens is 546 g/mol. The quantitative estimate of drug-likeness (QED) is 0.171. The number of hydrogen-bond donors (Lipinski definition) is 3. The zero-order valence-electron chi connectivity index (χ0n) is 19.5. The number of nitrogens with two attached hydrogens (primary N) is 2. The van der Waals surface area contributed by atoms with Crippen LogP contribution in [0.3, 0.4) is 0 Å². The maximum Gasteiger partial charge on any atom is 0.250 e. The van der Waals surface area contributed by atoms with E-state index in [2.05, 4.69) is 21.4 Å². The summed E-state index contributed by atoms with van der Waals surface area (Å²) in [6.07, 6.45) is 1.23. The lowest BCUT2D eigenvalue weighted by atomic mass is 10.1. The summed E-state index contributed by atoms with van der Waals surface area (Å²) >= 11 is 3.43. The van der Waals surface area contributed by atoms with Gasteiger partial charge < -0.3 is 20.8 Å². The molecule has 3 aromatic carbocycles. The summed E-state index contributed by atoms with van der Waals surface area (Å²) in [5, 5.41) is 4.74. The average molecular weight is 569 g/mol. The highest BCUT2D eigenvalue weighted by atomic mass is 79.9. The number of halogens is 3. The highest BCUT2D eigenvalue weighted by Crippen LogP contribution is 2.36. The number of nitrogen functional groups attached to an aromatic ring is 2. The summed E-state index contributed by atoms with van der Waals surface area (Å²) in [5.41, 5.74) is 11.8. The van der Waals surface area contributed by atoms with Gasteiger partial charge in [-0.15, -0.1) is 0 Å². The molecule has 4 aromatic rings. The van der Waals surface area contributed by atoms with Crippen molar-refractivity contribution < 1.29 is 18.3 Å². The number of rotatable bonds is 7. The van der Waals surface area contributed by atoms with Crippen LogP contribution in [-0.2, 0) is 16.0 Å². The van der Waals surface area contributed by atoms with E-state index in [-0.39, 0.29) is 37.0 Å². The molecule has 5 N–H and O–H groups in total. The monoisotopic (exact) mass is 568 g/mol. The van der Waals surface area contributed by atoms with Gasteiger partial charge in [-0.05, 0) is 72.6 Å². The molecule has 0 spiro atoms. The van der Waals surface area contributed by atoms with Crippen LogP contribution in [0, 0.1) is 11.6 Å². The van der Waals surface area contributed by atoms with Gasteiger partial charge in [-0.1, -0.05) is 15.9 Å². The van der Waals surface area contributed by atoms with E-state index in [1.807, 2.05) is 24.3 Å². The van der Waals surface area contributed by atoms with Crippen LogP contribution in [0.2, 0.25) is 0 Å². The molecule has 0 aliphatic carbocycles. The first kappa shape index (κ1) is 24.9. The summed E-state index contributed by atoms with van der Waals surface area (Å²) in [7, 11) is 0. The van der Waals surface area contributed by atoms with Crippen LogP contribution >= 0.6 is 15.9 Å². The second-order valence-electron chi connectivity index (χ2n) is 8.54. The lowest BCUT2D eigenvalue weighted by molar-refractivity contribution is -0.128. The molecule has 0 bridgehead atoms. The highest BCUT2D eigenvalue weighted by molar-refractivity contribution is 9.10. The second kappa shape index (κ2) is 10.3. The Morgan fingerprint density at radius 3 is 2.54 bits per heavy atom. The molecule has 190 valence electrons. The lowest BCUT2D eigenvalue weighted by Crippen LogP contribution is -2.31. The average Bonchev–Trinajstić information content (AvgIpc) is 3.48. The van der Waals surface area contributed by atoms with Crippen molar-refractivity contribution in [2.24, 2.45) is 5.84 Å². The van der Waals surface area contributed by atoms with E-state index >= 15 is 0 Å². The van der Waals surface area contributed by atoms with Crippen LogP contribution in [-0.4, -0.2) is 33.7 Å². The van der Waals surface area contributed by atoms with Gasteiger partial charge in [0.1, 0.15) is 23.9 Å². The van der Waals surface area contributed by atoms with Gasteiger partial charge >= 0.3 is 0 Å². The maximum atomic E-state index is 14.6. The van der Waals surface area contributed by atoms with Crippen LogP contribution in [0.1, 0.15) is 17.4 Å². The number of benzene rings is 3. The smallest absolute Gasteiger partial charge is 0.250 e. The number of hydrogen-bond acceptors (Lipinski definition) is 6. The molecule has 1 unspecified atom stereocenters. The van der Waals surface area contributed by atoms with E-state index < -0.39 is 12.0 Å². The summed E-state index contributed by atoms with van der Waals surface area (Å²) in [6, 6.07) is 16.2. The molecule has 5 rings (SSSR count). The minimum Gasteiger partial charge on any atom is -0.397 e. The van der Waals surface area contributed by atoms with E-state index in [1.54, 1.807) is 27.9 Å². The largest absolute Gasteiger partial charge is 0.397 e. The minimum atomic E-state index is -0.763. The van der Waals surface area contributed by atoms with Gasteiger partial charge in [0, 0.05) is 28.3 Å². The van der Waals surface area contributed by atoms with Gasteiger partial charge in [0.25, 0.3) is 5.91 Å². The van der Waals surface area contributed by atoms with Crippen LogP contribution in [0.5, 0.6) is 0 Å². The fraction of sp³-hybridized carbons (Fsp3) is 0.154. The Morgan fingerprint density at radius 2 is 1.84 bits per heavy atom. The lowest BCUT2D eigenvalue weighted by Gasteiger charge is -2.23. The Labute approximate surface area is 219 Å². The van der Waals surface area contributed by atoms with E-state index in [1.165, 1.54) is 24.3 Å². The number of hydrazine groups is 1. The number of nitrogens with one attached hydrogen (secondary N) is 1. The zero-order valence-corrected chi connectivity index (χ0v) is 21.1. The predicted molar refractivity (Wildman–Crippen MR) is 139 cm³/mol. The molecule has 1 aromatic heterocycles. The van der Waals surface area contributed by atoms with Crippen molar-refractivity contribution in [3.63, 3.8) is 0 Å². The Kier molecular flexibility index (Phi) is 6.92. The number of amides is 1. The van der Waals surface area contributed by atoms with Crippen molar-refractivity contribution in [2.75, 3.05) is 24.3 Å². The third kappa shape index (κ3) is 5.06. The third-order valence-electron chi connectivity index (χ3n) is 6.18. The first-order valence-corrected chi connectivity index (χ1v) is 12.2. The van der Waals surface area contributed by atoms with Crippen molar-refractivity contribution in [3.8, 4) is 16.9 Å². The summed E-state index contributed by atoms with van der Waals surface area (Å²) in [6.45, 7) is 0.0531. The van der Waals surface area contributed by atoms with Crippen LogP contribution in [0.25, 0.3) is 16.9 Å². The van der Waals surface area contributed by atoms with Gasteiger partial charge in [0.2, 0.25) is 0 Å². The molecule has 8 nitrogen and oxygen atoms in total. The normalized spacial score (nSPS) is 15.4. The Balaban J connectivity index is 1.50. The topological polar surface area (TPSA) is 111 Å². The molecule has 37 heavy (non-hydrogen) atoms. The highest BCUT2D eigenvalue weighted by Gasteiger charge is 2.36. The molecule has 0 saturated carbocycles. The van der Waals surface area contributed by atoms with Crippen molar-refractivity contribution in [1.82, 2.24) is 14.7 Å². The molecule has 1 saturated heterocycles. The number of ether oxygens (including phenoxy) is 1. The second-order valence-corrected chi connectivity index (χ2v) is 9.45. The van der Waals surface area contributed by atoms with Gasteiger partial charge in [-0.25, -0.2) is 13.5 Å².